The molecule has 7 aromatic carbocycles. The monoisotopic (exact) mass is 587 g/mol. The highest BCUT2D eigenvalue weighted by Gasteiger charge is 2.28. The molecule has 1 heterocycles. The summed E-state index contributed by atoms with van der Waals surface area (Å²) in [6.45, 7) is 0.646. The van der Waals surface area contributed by atoms with Crippen LogP contribution < -0.4 is 4.67 Å². The zero-order valence-corrected chi connectivity index (χ0v) is 25.0. The summed E-state index contributed by atoms with van der Waals surface area (Å²) in [6.07, 6.45) is 0. The molecular weight excluding hydrogens is 557 g/mol. The SMILES string of the molecule is c1ccc(CN(C(c2ccccc2)c2ccccc2)p2oc3ccc4ccccc4c3c3c(ccc4ccccc43)o2)cc1. The van der Waals surface area contributed by atoms with E-state index in [4.69, 9.17) is 8.39 Å². The molecule has 0 N–H and O–H groups in total. The van der Waals surface area contributed by atoms with E-state index in [2.05, 4.69) is 168 Å². The summed E-state index contributed by atoms with van der Waals surface area (Å²) in [6, 6.07) is 57.5. The molecule has 0 aliphatic rings. The lowest BCUT2D eigenvalue weighted by Gasteiger charge is -2.29. The third kappa shape index (κ3) is 4.87. The fourth-order valence-electron chi connectivity index (χ4n) is 6.28. The van der Waals surface area contributed by atoms with E-state index < -0.39 is 8.16 Å². The molecule has 0 fully saturated rings. The molecule has 0 saturated heterocycles. The first-order valence-electron chi connectivity index (χ1n) is 14.9. The van der Waals surface area contributed by atoms with Crippen molar-refractivity contribution in [2.45, 2.75) is 12.6 Å². The molecule has 3 nitrogen and oxygen atoms in total. The van der Waals surface area contributed by atoms with Crippen molar-refractivity contribution in [3.63, 3.8) is 0 Å². The van der Waals surface area contributed by atoms with Crippen molar-refractivity contribution in [3.8, 4) is 0 Å². The van der Waals surface area contributed by atoms with Crippen LogP contribution >= 0.6 is 8.16 Å². The van der Waals surface area contributed by atoms with Gasteiger partial charge >= 0.3 is 8.16 Å². The Morgan fingerprint density at radius 3 is 1.39 bits per heavy atom. The van der Waals surface area contributed by atoms with Crippen LogP contribution in [0.2, 0.25) is 0 Å². The Balaban J connectivity index is 1.49. The van der Waals surface area contributed by atoms with Gasteiger partial charge in [-0.3, -0.25) is 0 Å². The van der Waals surface area contributed by atoms with Crippen LogP contribution in [-0.2, 0) is 6.54 Å². The van der Waals surface area contributed by atoms with E-state index in [-0.39, 0.29) is 6.04 Å². The molecule has 8 aromatic rings. The lowest BCUT2D eigenvalue weighted by atomic mass is 9.98. The van der Waals surface area contributed by atoms with E-state index in [9.17, 15) is 0 Å². The van der Waals surface area contributed by atoms with Gasteiger partial charge in [-0.05, 0) is 50.4 Å². The highest BCUT2D eigenvalue weighted by atomic mass is 31.1. The second-order valence-electron chi connectivity index (χ2n) is 11.0. The number of hydrogen-bond donors (Lipinski definition) is 0. The molecule has 0 saturated carbocycles. The predicted molar refractivity (Wildman–Crippen MR) is 184 cm³/mol. The molecule has 0 aliphatic heterocycles. The molecule has 0 bridgehead atoms. The molecule has 0 radical (unpaired) electrons. The van der Waals surface area contributed by atoms with Gasteiger partial charge in [0.1, 0.15) is 11.2 Å². The highest BCUT2D eigenvalue weighted by molar-refractivity contribution is 7.39. The van der Waals surface area contributed by atoms with Crippen molar-refractivity contribution in [3.05, 3.63) is 180 Å². The van der Waals surface area contributed by atoms with Crippen LogP contribution in [0.4, 0.5) is 0 Å². The highest BCUT2D eigenvalue weighted by Crippen LogP contribution is 2.46. The van der Waals surface area contributed by atoms with E-state index in [1.807, 2.05) is 0 Å². The summed E-state index contributed by atoms with van der Waals surface area (Å²) in [7, 11) is -1.62. The van der Waals surface area contributed by atoms with Crippen molar-refractivity contribution in [1.82, 2.24) is 0 Å². The van der Waals surface area contributed by atoms with E-state index in [1.165, 1.54) is 27.5 Å². The minimum atomic E-state index is -1.62. The van der Waals surface area contributed by atoms with Crippen LogP contribution in [0.5, 0.6) is 0 Å². The molecule has 212 valence electrons. The van der Waals surface area contributed by atoms with Crippen LogP contribution in [0.3, 0.4) is 0 Å². The summed E-state index contributed by atoms with van der Waals surface area (Å²) >= 11 is 0. The molecule has 0 amide bonds. The lowest BCUT2D eigenvalue weighted by Crippen LogP contribution is -2.26. The zero-order valence-electron chi connectivity index (χ0n) is 24.1. The molecule has 0 unspecified atom stereocenters. The van der Waals surface area contributed by atoms with Crippen LogP contribution in [-0.4, -0.2) is 0 Å². The van der Waals surface area contributed by atoms with Gasteiger partial charge in [0.25, 0.3) is 0 Å². The van der Waals surface area contributed by atoms with Crippen molar-refractivity contribution in [2.24, 2.45) is 0 Å². The summed E-state index contributed by atoms with van der Waals surface area (Å²) < 4.78 is 16.6. The van der Waals surface area contributed by atoms with Gasteiger partial charge in [0.05, 0.1) is 6.04 Å². The van der Waals surface area contributed by atoms with Crippen LogP contribution in [0, 0.1) is 0 Å². The van der Waals surface area contributed by atoms with Crippen molar-refractivity contribution >= 4 is 51.6 Å². The molecule has 0 aliphatic carbocycles. The van der Waals surface area contributed by atoms with Crippen molar-refractivity contribution in [1.29, 1.82) is 0 Å². The molecule has 4 heteroatoms. The van der Waals surface area contributed by atoms with Gasteiger partial charge in [0.15, 0.2) is 0 Å². The first kappa shape index (κ1) is 26.5. The second kappa shape index (κ2) is 11.5. The molecule has 44 heavy (non-hydrogen) atoms. The lowest BCUT2D eigenvalue weighted by molar-refractivity contribution is 0.602. The Morgan fingerprint density at radius 2 is 0.886 bits per heavy atom. The Bertz CT molecular complexity index is 2130. The van der Waals surface area contributed by atoms with Gasteiger partial charge in [-0.15, -0.1) is 0 Å². The maximum atomic E-state index is 7.12. The smallest absolute Gasteiger partial charge is 0.310 e. The predicted octanol–water partition coefficient (Wildman–Crippen LogP) is 11.5. The minimum absolute atomic E-state index is 0.102. The first-order chi connectivity index (χ1) is 21.8. The summed E-state index contributed by atoms with van der Waals surface area (Å²) in [5.74, 6) is 0. The first-order valence-corrected chi connectivity index (χ1v) is 16.1. The third-order valence-corrected chi connectivity index (χ3v) is 9.81. The third-order valence-electron chi connectivity index (χ3n) is 8.31. The van der Waals surface area contributed by atoms with Gasteiger partial charge in [-0.2, -0.15) is 4.67 Å². The maximum absolute atomic E-state index is 7.12. The van der Waals surface area contributed by atoms with Crippen LogP contribution in [0.1, 0.15) is 22.7 Å². The maximum Gasteiger partial charge on any atom is 0.310 e. The normalized spacial score (nSPS) is 11.7. The largest absolute Gasteiger partial charge is 0.408 e. The molecular formula is C40H30NO2P. The van der Waals surface area contributed by atoms with E-state index >= 15 is 0 Å². The van der Waals surface area contributed by atoms with Crippen LogP contribution in [0.25, 0.3) is 43.5 Å². The summed E-state index contributed by atoms with van der Waals surface area (Å²) in [4.78, 5) is 0. The standard InChI is InChI=1S/C40H30NO2P/c1-4-14-29(15-5-1)28-41(40(32-18-6-2-7-19-32)33-20-8-3-9-21-33)44-42-36-26-24-30-16-10-12-22-34(30)38(36)39-35-23-13-11-17-31(35)25-27-37(39)43-44/h1-27,40H,28H2. The zero-order chi connectivity index (χ0) is 29.3. The number of benzene rings is 7. The second-order valence-corrected chi connectivity index (χ2v) is 12.4. The summed E-state index contributed by atoms with van der Waals surface area (Å²) in [5.41, 5.74) is 5.24. The summed E-state index contributed by atoms with van der Waals surface area (Å²) in [5, 5.41) is 6.81. The molecule has 0 atom stereocenters. The van der Waals surface area contributed by atoms with Gasteiger partial charge in [-0.25, -0.2) is 0 Å². The average Bonchev–Trinajstić information content (AvgIpc) is 3.27. The van der Waals surface area contributed by atoms with E-state index in [1.54, 1.807) is 0 Å². The quantitative estimate of drug-likeness (QED) is 0.194. The van der Waals surface area contributed by atoms with Gasteiger partial charge < -0.3 is 8.39 Å². The Labute approximate surface area is 257 Å². The van der Waals surface area contributed by atoms with Crippen molar-refractivity contribution in [2.75, 3.05) is 4.67 Å². The van der Waals surface area contributed by atoms with Gasteiger partial charge in [0.2, 0.25) is 0 Å². The molecule has 1 aromatic heterocycles. The molecule has 8 rings (SSSR count). The Hall–Kier alpha value is -5.08. The van der Waals surface area contributed by atoms with E-state index in [0.29, 0.717) is 6.54 Å². The molecule has 0 spiro atoms. The average molecular weight is 588 g/mol. The van der Waals surface area contributed by atoms with E-state index in [0.717, 1.165) is 32.7 Å². The van der Waals surface area contributed by atoms with Crippen LogP contribution in [0.15, 0.2) is 172 Å². The van der Waals surface area contributed by atoms with Gasteiger partial charge in [0, 0.05) is 17.3 Å². The Morgan fingerprint density at radius 1 is 0.455 bits per heavy atom. The fraction of sp³-hybridized carbons (Fsp3) is 0.0500. The number of hydrogen-bond acceptors (Lipinski definition) is 3. The number of fused-ring (bicyclic) bond motifs is 7. The number of nitrogens with zero attached hydrogens (tertiary/aromatic N) is 1. The van der Waals surface area contributed by atoms with Gasteiger partial charge in [-0.1, -0.05) is 152 Å². The number of rotatable bonds is 6. The topological polar surface area (TPSA) is 29.5 Å². The minimum Gasteiger partial charge on any atom is -0.408 e. The van der Waals surface area contributed by atoms with Crippen molar-refractivity contribution < 1.29 is 8.39 Å². The fourth-order valence-corrected chi connectivity index (χ4v) is 7.91. The Kier molecular flexibility index (Phi) is 6.96.